The number of carbonyl (C=O) groups is 2. The Balaban J connectivity index is 2.75. The number of nitrogens with one attached hydrogen (secondary N) is 1. The number of carboxylic acid groups (broad SMARTS) is 1. The number of ketones is 1. The number of amides is 1. The predicted octanol–water partition coefficient (Wildman–Crippen LogP) is 2.25. The maximum atomic E-state index is 11.7. The molecule has 16 heavy (non-hydrogen) atoms. The molecule has 0 aliphatic heterocycles. The fourth-order valence-corrected chi connectivity index (χ4v) is 1.66. The van der Waals surface area contributed by atoms with Crippen molar-refractivity contribution in [2.24, 2.45) is 0 Å². The fraction of sp³-hybridized carbons (Fsp3) is 0.273. The van der Waals surface area contributed by atoms with Gasteiger partial charge in [-0.1, -0.05) is 12.1 Å². The van der Waals surface area contributed by atoms with Gasteiger partial charge in [0.25, 0.3) is 0 Å². The van der Waals surface area contributed by atoms with Crippen LogP contribution in [0.2, 0.25) is 0 Å². The number of Topliss-reactive ketones (excluding diaryl/α,β-unsaturated/α-hetero) is 1. The van der Waals surface area contributed by atoms with Crippen LogP contribution in [0.4, 0.5) is 4.79 Å². The zero-order chi connectivity index (χ0) is 12.1. The molecule has 0 aliphatic carbocycles. The van der Waals surface area contributed by atoms with Crippen LogP contribution in [0.15, 0.2) is 29.2 Å². The van der Waals surface area contributed by atoms with Crippen molar-refractivity contribution in [1.82, 2.24) is 5.32 Å². The molecule has 0 bridgehead atoms. The predicted molar refractivity (Wildman–Crippen MR) is 63.2 cm³/mol. The first-order chi connectivity index (χ1) is 7.54. The molecule has 0 aromatic heterocycles. The highest BCUT2D eigenvalue weighted by Gasteiger charge is 2.16. The van der Waals surface area contributed by atoms with E-state index in [-0.39, 0.29) is 5.78 Å². The Morgan fingerprint density at radius 2 is 1.88 bits per heavy atom. The minimum Gasteiger partial charge on any atom is -0.465 e. The third kappa shape index (κ3) is 3.27. The van der Waals surface area contributed by atoms with Gasteiger partial charge in [-0.25, -0.2) is 4.79 Å². The summed E-state index contributed by atoms with van der Waals surface area (Å²) >= 11 is 1.59. The van der Waals surface area contributed by atoms with Crippen LogP contribution in [0.1, 0.15) is 17.3 Å². The van der Waals surface area contributed by atoms with E-state index in [9.17, 15) is 9.59 Å². The van der Waals surface area contributed by atoms with Gasteiger partial charge in [0.1, 0.15) is 0 Å². The molecule has 1 aromatic rings. The van der Waals surface area contributed by atoms with E-state index >= 15 is 0 Å². The second kappa shape index (κ2) is 5.55. The molecule has 1 rings (SSSR count). The largest absolute Gasteiger partial charge is 0.465 e. The van der Waals surface area contributed by atoms with Crippen molar-refractivity contribution in [2.75, 3.05) is 6.26 Å². The number of hydrogen-bond acceptors (Lipinski definition) is 3. The summed E-state index contributed by atoms with van der Waals surface area (Å²) in [5.41, 5.74) is 0.513. The number of rotatable bonds is 4. The zero-order valence-electron chi connectivity index (χ0n) is 9.06. The monoisotopic (exact) mass is 239 g/mol. The fourth-order valence-electron chi connectivity index (χ4n) is 1.26. The van der Waals surface area contributed by atoms with E-state index in [4.69, 9.17) is 5.11 Å². The lowest BCUT2D eigenvalue weighted by Gasteiger charge is -2.10. The highest BCUT2D eigenvalue weighted by atomic mass is 32.2. The van der Waals surface area contributed by atoms with Crippen molar-refractivity contribution in [3.63, 3.8) is 0 Å². The minimum atomic E-state index is -1.19. The summed E-state index contributed by atoms with van der Waals surface area (Å²) in [7, 11) is 0. The standard InChI is InChI=1S/C11H13NO3S/c1-7(12-11(14)15)10(13)8-3-5-9(16-2)6-4-8/h3-7,12H,1-2H3,(H,14,15). The Kier molecular flexibility index (Phi) is 4.37. The maximum absolute atomic E-state index is 11.7. The van der Waals surface area contributed by atoms with E-state index in [1.54, 1.807) is 23.9 Å². The molecular formula is C11H13NO3S. The topological polar surface area (TPSA) is 66.4 Å². The summed E-state index contributed by atoms with van der Waals surface area (Å²) < 4.78 is 0. The third-order valence-electron chi connectivity index (χ3n) is 2.11. The Labute approximate surface area is 98.0 Å². The van der Waals surface area contributed by atoms with Crippen LogP contribution >= 0.6 is 11.8 Å². The van der Waals surface area contributed by atoms with Gasteiger partial charge < -0.3 is 10.4 Å². The molecule has 0 heterocycles. The molecule has 1 unspecified atom stereocenters. The highest BCUT2D eigenvalue weighted by Crippen LogP contribution is 2.15. The van der Waals surface area contributed by atoms with Crippen molar-refractivity contribution >= 4 is 23.6 Å². The van der Waals surface area contributed by atoms with Gasteiger partial charge in [-0.15, -0.1) is 11.8 Å². The van der Waals surface area contributed by atoms with Gasteiger partial charge in [-0.05, 0) is 25.3 Å². The van der Waals surface area contributed by atoms with Crippen LogP contribution in [0, 0.1) is 0 Å². The highest BCUT2D eigenvalue weighted by molar-refractivity contribution is 7.98. The Bertz CT molecular complexity index is 389. The molecule has 0 fully saturated rings. The quantitative estimate of drug-likeness (QED) is 0.624. The van der Waals surface area contributed by atoms with Crippen LogP contribution in [0.3, 0.4) is 0 Å². The van der Waals surface area contributed by atoms with Crippen LogP contribution in [-0.2, 0) is 0 Å². The van der Waals surface area contributed by atoms with Gasteiger partial charge in [-0.2, -0.15) is 0 Å². The molecule has 0 saturated heterocycles. The lowest BCUT2D eigenvalue weighted by molar-refractivity contribution is 0.0945. The van der Waals surface area contributed by atoms with Crippen molar-refractivity contribution in [1.29, 1.82) is 0 Å². The SMILES string of the molecule is CSc1ccc(C(=O)C(C)NC(=O)O)cc1. The lowest BCUT2D eigenvalue weighted by atomic mass is 10.1. The van der Waals surface area contributed by atoms with E-state index in [1.807, 2.05) is 18.4 Å². The molecule has 86 valence electrons. The minimum absolute atomic E-state index is 0.227. The molecule has 0 radical (unpaired) electrons. The third-order valence-corrected chi connectivity index (χ3v) is 2.85. The van der Waals surface area contributed by atoms with Crippen molar-refractivity contribution in [2.45, 2.75) is 17.9 Å². The van der Waals surface area contributed by atoms with Gasteiger partial charge >= 0.3 is 6.09 Å². The van der Waals surface area contributed by atoms with Gasteiger partial charge in [0, 0.05) is 10.5 Å². The van der Waals surface area contributed by atoms with Crippen molar-refractivity contribution < 1.29 is 14.7 Å². The molecule has 4 nitrogen and oxygen atoms in total. The molecule has 5 heteroatoms. The second-order valence-corrected chi connectivity index (χ2v) is 4.14. The summed E-state index contributed by atoms with van der Waals surface area (Å²) in [5, 5.41) is 10.6. The average Bonchev–Trinajstić information content (AvgIpc) is 2.27. The normalized spacial score (nSPS) is 11.9. The molecule has 0 aliphatic rings. The van der Waals surface area contributed by atoms with E-state index in [1.165, 1.54) is 6.92 Å². The van der Waals surface area contributed by atoms with Crippen LogP contribution in [-0.4, -0.2) is 29.3 Å². The molecule has 1 aromatic carbocycles. The van der Waals surface area contributed by atoms with E-state index < -0.39 is 12.1 Å². The molecule has 2 N–H and O–H groups in total. The van der Waals surface area contributed by atoms with E-state index in [0.29, 0.717) is 5.56 Å². The molecule has 1 atom stereocenters. The second-order valence-electron chi connectivity index (χ2n) is 3.26. The first kappa shape index (κ1) is 12.6. The number of thioether (sulfide) groups is 1. The Morgan fingerprint density at radius 1 is 1.31 bits per heavy atom. The molecule has 0 saturated carbocycles. The molecular weight excluding hydrogens is 226 g/mol. The molecule has 1 amide bonds. The van der Waals surface area contributed by atoms with Gasteiger partial charge in [0.05, 0.1) is 6.04 Å². The van der Waals surface area contributed by atoms with Crippen LogP contribution < -0.4 is 5.32 Å². The van der Waals surface area contributed by atoms with Crippen molar-refractivity contribution in [3.05, 3.63) is 29.8 Å². The summed E-state index contributed by atoms with van der Waals surface area (Å²) in [6.45, 7) is 1.53. The summed E-state index contributed by atoms with van der Waals surface area (Å²) in [6, 6.07) is 6.36. The van der Waals surface area contributed by atoms with Crippen LogP contribution in [0.5, 0.6) is 0 Å². The van der Waals surface area contributed by atoms with E-state index in [2.05, 4.69) is 5.32 Å². The maximum Gasteiger partial charge on any atom is 0.405 e. The number of hydrogen-bond donors (Lipinski definition) is 2. The number of benzene rings is 1. The summed E-state index contributed by atoms with van der Waals surface area (Å²) in [4.78, 5) is 23.2. The summed E-state index contributed by atoms with van der Waals surface area (Å²) in [5.74, 6) is -0.227. The average molecular weight is 239 g/mol. The lowest BCUT2D eigenvalue weighted by Crippen LogP contribution is -2.37. The first-order valence-corrected chi connectivity index (χ1v) is 5.95. The van der Waals surface area contributed by atoms with Crippen LogP contribution in [0.25, 0.3) is 0 Å². The zero-order valence-corrected chi connectivity index (χ0v) is 9.88. The Hall–Kier alpha value is -1.49. The number of carbonyl (C=O) groups excluding carboxylic acids is 1. The smallest absolute Gasteiger partial charge is 0.405 e. The molecule has 0 spiro atoms. The first-order valence-electron chi connectivity index (χ1n) is 4.72. The van der Waals surface area contributed by atoms with E-state index in [0.717, 1.165) is 4.90 Å². The summed E-state index contributed by atoms with van der Waals surface area (Å²) in [6.07, 6.45) is 0.757. The van der Waals surface area contributed by atoms with Crippen molar-refractivity contribution in [3.8, 4) is 0 Å². The Morgan fingerprint density at radius 3 is 2.31 bits per heavy atom. The van der Waals surface area contributed by atoms with Gasteiger partial charge in [0.2, 0.25) is 0 Å². The van der Waals surface area contributed by atoms with Gasteiger partial charge in [-0.3, -0.25) is 4.79 Å². The van der Waals surface area contributed by atoms with Gasteiger partial charge in [0.15, 0.2) is 5.78 Å².